The molecule has 0 aliphatic heterocycles. The Balaban J connectivity index is 1.02. The molecule has 0 saturated carbocycles. The van der Waals surface area contributed by atoms with Gasteiger partial charge in [-0.15, -0.1) is 11.3 Å². The van der Waals surface area contributed by atoms with Crippen LogP contribution in [-0.4, -0.2) is 21.8 Å². The van der Waals surface area contributed by atoms with Crippen LogP contribution in [0.25, 0.3) is 22.4 Å². The number of amides is 2. The number of hydrogen-bond acceptors (Lipinski definition) is 6. The van der Waals surface area contributed by atoms with E-state index in [4.69, 9.17) is 21.0 Å². The van der Waals surface area contributed by atoms with Crippen LogP contribution in [-0.2, 0) is 4.79 Å². The number of rotatable bonds is 5. The molecule has 2 aromatic heterocycles. The summed E-state index contributed by atoms with van der Waals surface area (Å²) in [7, 11) is 0. The van der Waals surface area contributed by atoms with Gasteiger partial charge < -0.3 is 9.73 Å². The summed E-state index contributed by atoms with van der Waals surface area (Å²) in [5.41, 5.74) is 7.41. The van der Waals surface area contributed by atoms with Gasteiger partial charge in [0.2, 0.25) is 5.91 Å². The Kier molecular flexibility index (Phi) is 6.18. The minimum atomic E-state index is -0.632. The Labute approximate surface area is 261 Å². The predicted molar refractivity (Wildman–Crippen MR) is 172 cm³/mol. The van der Waals surface area contributed by atoms with Crippen molar-refractivity contribution in [2.24, 2.45) is 5.41 Å². The predicted octanol–water partition coefficient (Wildman–Crippen LogP) is 8.48. The number of thiazole rings is 1. The van der Waals surface area contributed by atoms with E-state index < -0.39 is 5.41 Å². The van der Waals surface area contributed by atoms with Crippen LogP contribution < -0.4 is 10.6 Å². The van der Waals surface area contributed by atoms with Crippen LogP contribution in [0.1, 0.15) is 57.8 Å². The molecule has 0 spiro atoms. The Bertz CT molecular complexity index is 2070. The van der Waals surface area contributed by atoms with Crippen molar-refractivity contribution in [2.75, 3.05) is 10.6 Å². The van der Waals surface area contributed by atoms with Crippen LogP contribution >= 0.6 is 22.9 Å². The van der Waals surface area contributed by atoms with E-state index in [9.17, 15) is 9.59 Å². The number of aromatic nitrogens is 2. The monoisotopic (exact) mass is 616 g/mol. The van der Waals surface area contributed by atoms with Crippen molar-refractivity contribution in [1.29, 1.82) is 0 Å². The molecule has 1 atom stereocenters. The van der Waals surface area contributed by atoms with E-state index in [0.717, 1.165) is 12.0 Å². The number of nitrogens with one attached hydrogen (secondary N) is 2. The number of oxazole rings is 1. The van der Waals surface area contributed by atoms with Gasteiger partial charge in [-0.25, -0.2) is 4.98 Å². The van der Waals surface area contributed by atoms with Crippen LogP contribution in [0.5, 0.6) is 0 Å². The van der Waals surface area contributed by atoms with Gasteiger partial charge in [-0.2, -0.15) is 4.98 Å². The lowest BCUT2D eigenvalue weighted by molar-refractivity contribution is -0.126. The number of hydrogen-bond donors (Lipinski definition) is 2. The van der Waals surface area contributed by atoms with Crippen molar-refractivity contribution in [1.82, 2.24) is 9.97 Å². The third-order valence-electron chi connectivity index (χ3n) is 8.86. The zero-order valence-corrected chi connectivity index (χ0v) is 25.1. The molecule has 7 nitrogen and oxygen atoms in total. The maximum atomic E-state index is 14.0. The van der Waals surface area contributed by atoms with Crippen LogP contribution in [0.4, 0.5) is 11.1 Å². The van der Waals surface area contributed by atoms with Crippen molar-refractivity contribution in [3.63, 3.8) is 0 Å². The second-order valence-electron chi connectivity index (χ2n) is 11.5. The number of anilines is 2. The normalized spacial score (nSPS) is 19.8. The fourth-order valence-corrected chi connectivity index (χ4v) is 7.72. The van der Waals surface area contributed by atoms with Crippen LogP contribution in [0, 0.1) is 5.41 Å². The minimum Gasteiger partial charge on any atom is -0.423 e. The zero-order chi connectivity index (χ0) is 30.0. The third kappa shape index (κ3) is 4.32. The molecular weight excluding hydrogens is 592 g/mol. The molecule has 2 amide bonds. The quantitative estimate of drug-likeness (QED) is 0.202. The molecule has 44 heavy (non-hydrogen) atoms. The van der Waals surface area contributed by atoms with Crippen molar-refractivity contribution < 1.29 is 14.0 Å². The number of fused-ring (bicyclic) bond motifs is 2. The van der Waals surface area contributed by atoms with E-state index in [2.05, 4.69) is 71.1 Å². The van der Waals surface area contributed by atoms with E-state index in [-0.39, 0.29) is 29.7 Å². The molecule has 216 valence electrons. The van der Waals surface area contributed by atoms with Crippen LogP contribution in [0.15, 0.2) is 101 Å². The first-order valence-corrected chi connectivity index (χ1v) is 15.6. The van der Waals surface area contributed by atoms with Crippen molar-refractivity contribution in [3.05, 3.63) is 129 Å². The highest BCUT2D eigenvalue weighted by Gasteiger charge is 2.54. The molecule has 6 aromatic rings. The summed E-state index contributed by atoms with van der Waals surface area (Å²) < 4.78 is 5.63. The molecule has 2 heterocycles. The lowest BCUT2D eigenvalue weighted by atomic mass is 9.52. The fraction of sp³-hybridized carbons (Fsp3) is 0.143. The number of benzene rings is 4. The molecule has 0 saturated heterocycles. The number of carbonyl (C=O) groups is 2. The van der Waals surface area contributed by atoms with E-state index >= 15 is 0 Å². The average molecular weight is 617 g/mol. The minimum absolute atomic E-state index is 0.0345. The maximum absolute atomic E-state index is 14.0. The molecule has 3 aliphatic carbocycles. The molecule has 2 bridgehead atoms. The Morgan fingerprint density at radius 3 is 2.36 bits per heavy atom. The maximum Gasteiger partial charge on any atom is 0.302 e. The van der Waals surface area contributed by atoms with Gasteiger partial charge in [0.1, 0.15) is 5.52 Å². The van der Waals surface area contributed by atoms with Gasteiger partial charge in [-0.1, -0.05) is 72.3 Å². The molecule has 3 aliphatic rings. The number of carbonyl (C=O) groups excluding carboxylic acids is 2. The molecule has 0 radical (unpaired) electrons. The summed E-state index contributed by atoms with van der Waals surface area (Å²) in [6, 6.07) is 29.3. The largest absolute Gasteiger partial charge is 0.423 e. The highest BCUT2D eigenvalue weighted by Crippen LogP contribution is 2.61. The first-order valence-electron chi connectivity index (χ1n) is 14.3. The molecule has 1 unspecified atom stereocenters. The van der Waals surface area contributed by atoms with Gasteiger partial charge in [0, 0.05) is 33.4 Å². The standard InChI is InChI=1S/C35H25ClN4O3S/c1-35(17-26-22-9-2-4-11-24(22)30(35)25-12-5-3-10-23(25)26)32(42)40-34-38-28(18-44-34)19-7-6-8-20(15-19)31(41)39-33-37-27-16-21(36)13-14-29(27)43-33/h2-16,18,26,30H,17H2,1H3,(H,37,39,41)(H,38,40,42). The highest BCUT2D eigenvalue weighted by molar-refractivity contribution is 7.14. The van der Waals surface area contributed by atoms with Crippen LogP contribution in [0.3, 0.4) is 0 Å². The fourth-order valence-electron chi connectivity index (χ4n) is 6.84. The van der Waals surface area contributed by atoms with Crippen molar-refractivity contribution in [3.8, 4) is 11.3 Å². The smallest absolute Gasteiger partial charge is 0.302 e. The van der Waals surface area contributed by atoms with Gasteiger partial charge in [0.25, 0.3) is 5.91 Å². The molecule has 4 aromatic carbocycles. The Morgan fingerprint density at radius 1 is 0.886 bits per heavy atom. The Morgan fingerprint density at radius 2 is 1.61 bits per heavy atom. The Hall–Kier alpha value is -4.79. The SMILES string of the molecule is CC1(C(=O)Nc2nc(-c3cccc(C(=O)Nc4nc5cc(Cl)ccc5o4)c3)cs2)CC2c3ccccc3C1c1ccccc12. The summed E-state index contributed by atoms with van der Waals surface area (Å²) in [4.78, 5) is 36.1. The summed E-state index contributed by atoms with van der Waals surface area (Å²) in [6.07, 6.45) is 0.736. The van der Waals surface area contributed by atoms with E-state index in [1.165, 1.54) is 33.6 Å². The van der Waals surface area contributed by atoms with Crippen LogP contribution in [0.2, 0.25) is 5.02 Å². The second kappa shape index (κ2) is 10.1. The van der Waals surface area contributed by atoms with Crippen molar-refractivity contribution >= 4 is 57.0 Å². The molecule has 9 rings (SSSR count). The van der Waals surface area contributed by atoms with Crippen molar-refractivity contribution in [2.45, 2.75) is 25.2 Å². The zero-order valence-electron chi connectivity index (χ0n) is 23.5. The van der Waals surface area contributed by atoms with Gasteiger partial charge in [-0.3, -0.25) is 14.9 Å². The second-order valence-corrected chi connectivity index (χ2v) is 12.8. The van der Waals surface area contributed by atoms with Gasteiger partial charge >= 0.3 is 6.01 Å². The average Bonchev–Trinajstić information content (AvgIpc) is 3.67. The lowest BCUT2D eigenvalue weighted by Crippen LogP contribution is -2.47. The first kappa shape index (κ1) is 26.8. The molecule has 0 fully saturated rings. The number of halogens is 1. The highest BCUT2D eigenvalue weighted by atomic mass is 35.5. The molecule has 2 N–H and O–H groups in total. The summed E-state index contributed by atoms with van der Waals surface area (Å²) >= 11 is 7.40. The summed E-state index contributed by atoms with van der Waals surface area (Å²) in [5.74, 6) is -0.261. The number of nitrogens with zero attached hydrogens (tertiary/aromatic N) is 2. The van der Waals surface area contributed by atoms with E-state index in [0.29, 0.717) is 32.5 Å². The summed E-state index contributed by atoms with van der Waals surface area (Å²) in [6.45, 7) is 2.08. The van der Waals surface area contributed by atoms with Gasteiger partial charge in [-0.05, 0) is 65.9 Å². The molecular formula is C35H25ClN4O3S. The lowest BCUT2D eigenvalue weighted by Gasteiger charge is -2.50. The first-order chi connectivity index (χ1) is 21.4. The van der Waals surface area contributed by atoms with Gasteiger partial charge in [0.15, 0.2) is 10.7 Å². The van der Waals surface area contributed by atoms with E-state index in [1.54, 1.807) is 36.4 Å². The summed E-state index contributed by atoms with van der Waals surface area (Å²) in [5, 5.41) is 8.79. The molecule has 9 heteroatoms. The topological polar surface area (TPSA) is 97.1 Å². The van der Waals surface area contributed by atoms with E-state index in [1.807, 2.05) is 11.4 Å². The van der Waals surface area contributed by atoms with Gasteiger partial charge in [0.05, 0.1) is 11.1 Å². The third-order valence-corrected chi connectivity index (χ3v) is 9.86.